The van der Waals surface area contributed by atoms with E-state index in [1.165, 1.54) is 0 Å². The Morgan fingerprint density at radius 1 is 1.19 bits per heavy atom. The summed E-state index contributed by atoms with van der Waals surface area (Å²) < 4.78 is 19.9. The van der Waals surface area contributed by atoms with Crippen LogP contribution in [0.4, 0.5) is 17.3 Å². The number of aliphatic hydroxyl groups is 1. The number of amides is 1. The number of carbonyl (C=O) groups excluding carboxylic acids is 1. The number of hydrogen-bond acceptors (Lipinski definition) is 10. The van der Waals surface area contributed by atoms with E-state index in [4.69, 9.17) is 9.47 Å². The quantitative estimate of drug-likeness (QED) is 0.329. The summed E-state index contributed by atoms with van der Waals surface area (Å²) in [6, 6.07) is 10.5. The fourth-order valence-corrected chi connectivity index (χ4v) is 5.26. The number of aromatic nitrogens is 2. The summed E-state index contributed by atoms with van der Waals surface area (Å²) in [5, 5.41) is 27.2. The number of nitrogens with zero attached hydrogens (tertiary/aromatic N) is 3. The second-order valence-electron chi connectivity index (χ2n) is 10.3. The molecule has 0 radical (unpaired) electrons. The van der Waals surface area contributed by atoms with Crippen LogP contribution in [-0.2, 0) is 0 Å². The monoisotopic (exact) mass is 525 g/mol. The molecular formula is C26H31N5O5S. The van der Waals surface area contributed by atoms with Crippen molar-refractivity contribution in [2.75, 3.05) is 30.6 Å². The first kappa shape index (κ1) is 25.1. The van der Waals surface area contributed by atoms with E-state index in [2.05, 4.69) is 40.2 Å². The molecule has 2 atom stereocenters. The van der Waals surface area contributed by atoms with Crippen LogP contribution in [0.25, 0.3) is 0 Å². The van der Waals surface area contributed by atoms with Gasteiger partial charge >= 0.3 is 0 Å². The van der Waals surface area contributed by atoms with E-state index in [9.17, 15) is 15.0 Å². The number of fused-ring (bicyclic) bond motifs is 1. The van der Waals surface area contributed by atoms with Crippen molar-refractivity contribution in [2.45, 2.75) is 45.7 Å². The summed E-state index contributed by atoms with van der Waals surface area (Å²) in [6.45, 7) is 7.05. The third-order valence-electron chi connectivity index (χ3n) is 6.73. The van der Waals surface area contributed by atoms with Crippen LogP contribution in [0, 0.1) is 5.41 Å². The van der Waals surface area contributed by atoms with E-state index in [0.717, 1.165) is 35.9 Å². The van der Waals surface area contributed by atoms with Gasteiger partial charge in [-0.1, -0.05) is 32.9 Å². The average Bonchev–Trinajstić information content (AvgIpc) is 3.63. The van der Waals surface area contributed by atoms with E-state index in [0.29, 0.717) is 29.6 Å². The van der Waals surface area contributed by atoms with Crippen molar-refractivity contribution >= 4 is 35.0 Å². The molecule has 3 aromatic rings. The molecule has 1 amide bonds. The lowest BCUT2D eigenvalue weighted by Crippen LogP contribution is -2.37. The minimum absolute atomic E-state index is 0.0950. The molecule has 3 heterocycles. The van der Waals surface area contributed by atoms with Gasteiger partial charge in [-0.25, -0.2) is 0 Å². The summed E-state index contributed by atoms with van der Waals surface area (Å²) in [7, 11) is 0. The zero-order chi connectivity index (χ0) is 26.2. The average molecular weight is 526 g/mol. The third kappa shape index (κ3) is 5.01. The Labute approximate surface area is 219 Å². The number of carbonyl (C=O) groups is 1. The van der Waals surface area contributed by atoms with Crippen LogP contribution in [0.5, 0.6) is 17.2 Å². The molecule has 2 aromatic carbocycles. The number of anilines is 3. The number of aromatic hydroxyl groups is 1. The molecule has 0 saturated carbocycles. The Bertz CT molecular complexity index is 1290. The fraction of sp³-hybridized carbons (Fsp3) is 0.423. The highest BCUT2D eigenvalue weighted by Gasteiger charge is 2.32. The van der Waals surface area contributed by atoms with Gasteiger partial charge in [0, 0.05) is 6.54 Å². The maximum Gasteiger partial charge on any atom is 0.258 e. The highest BCUT2D eigenvalue weighted by Crippen LogP contribution is 2.42. The number of phenolic OH excluding ortho intramolecular Hbond substituents is 1. The van der Waals surface area contributed by atoms with Gasteiger partial charge in [-0.15, -0.1) is 0 Å². The summed E-state index contributed by atoms with van der Waals surface area (Å²) >= 11 is 1.04. The molecule has 2 aliphatic rings. The van der Waals surface area contributed by atoms with E-state index in [1.54, 1.807) is 23.1 Å². The maximum atomic E-state index is 13.1. The fourth-order valence-electron chi connectivity index (χ4n) is 4.79. The molecule has 0 spiro atoms. The number of nitrogens with one attached hydrogen (secondary N) is 2. The van der Waals surface area contributed by atoms with Gasteiger partial charge in [0.15, 0.2) is 28.9 Å². The van der Waals surface area contributed by atoms with Crippen molar-refractivity contribution in [3.63, 3.8) is 0 Å². The molecular weight excluding hydrogens is 494 g/mol. The largest absolute Gasteiger partial charge is 0.505 e. The van der Waals surface area contributed by atoms with Crippen LogP contribution in [-0.4, -0.2) is 55.8 Å². The molecule has 1 fully saturated rings. The smallest absolute Gasteiger partial charge is 0.258 e. The highest BCUT2D eigenvalue weighted by atomic mass is 32.1. The van der Waals surface area contributed by atoms with Crippen LogP contribution in [0.2, 0.25) is 0 Å². The molecule has 2 aliphatic heterocycles. The van der Waals surface area contributed by atoms with Crippen LogP contribution >= 0.6 is 11.7 Å². The minimum Gasteiger partial charge on any atom is -0.505 e. The number of rotatable bonds is 7. The van der Waals surface area contributed by atoms with E-state index >= 15 is 0 Å². The van der Waals surface area contributed by atoms with Gasteiger partial charge in [0.05, 0.1) is 41.7 Å². The Kier molecular flexibility index (Phi) is 6.82. The number of phenols is 1. The highest BCUT2D eigenvalue weighted by molar-refractivity contribution is 6.99. The van der Waals surface area contributed by atoms with Crippen molar-refractivity contribution in [2.24, 2.45) is 5.41 Å². The maximum absolute atomic E-state index is 13.1. The van der Waals surface area contributed by atoms with Crippen LogP contribution in [0.15, 0.2) is 36.4 Å². The molecule has 4 N–H and O–H groups in total. The van der Waals surface area contributed by atoms with Crippen molar-refractivity contribution in [3.05, 3.63) is 47.5 Å². The third-order valence-corrected chi connectivity index (χ3v) is 7.26. The Morgan fingerprint density at radius 3 is 2.76 bits per heavy atom. The van der Waals surface area contributed by atoms with Crippen LogP contribution in [0.1, 0.15) is 55.6 Å². The van der Waals surface area contributed by atoms with Crippen LogP contribution < -0.4 is 20.1 Å². The first-order valence-corrected chi connectivity index (χ1v) is 13.0. The Hall–Kier alpha value is -3.57. The molecule has 10 nitrogen and oxygen atoms in total. The lowest BCUT2D eigenvalue weighted by molar-refractivity contribution is 0.0674. The van der Waals surface area contributed by atoms with Gasteiger partial charge in [0.2, 0.25) is 6.79 Å². The van der Waals surface area contributed by atoms with Gasteiger partial charge in [-0.3, -0.25) is 4.79 Å². The Balaban J connectivity index is 1.39. The van der Waals surface area contributed by atoms with Crippen molar-refractivity contribution in [1.82, 2.24) is 13.6 Å². The number of ether oxygens (including phenoxy) is 2. The van der Waals surface area contributed by atoms with E-state index < -0.39 is 0 Å². The van der Waals surface area contributed by atoms with Gasteiger partial charge in [0.1, 0.15) is 0 Å². The molecule has 5 rings (SSSR count). The van der Waals surface area contributed by atoms with E-state index in [-0.39, 0.29) is 48.1 Å². The lowest BCUT2D eigenvalue weighted by Gasteiger charge is -2.32. The molecule has 1 aromatic heterocycles. The first-order chi connectivity index (χ1) is 17.8. The van der Waals surface area contributed by atoms with Crippen LogP contribution in [0.3, 0.4) is 0 Å². The van der Waals surface area contributed by atoms with Gasteiger partial charge in [-0.05, 0) is 48.1 Å². The predicted octanol–water partition coefficient (Wildman–Crippen LogP) is 4.51. The molecule has 11 heteroatoms. The SMILES string of the molecule is CC(C)(C)C(Nc1nsnc1Nc1cccc(C(=O)N2CCC[C@H]2CO)c1O)c1ccc2c(c1)OCO2. The zero-order valence-corrected chi connectivity index (χ0v) is 21.8. The number of likely N-dealkylation sites (tertiary alicyclic amines) is 1. The van der Waals surface area contributed by atoms with E-state index in [1.807, 2.05) is 18.2 Å². The number of benzene rings is 2. The lowest BCUT2D eigenvalue weighted by atomic mass is 9.82. The molecule has 196 valence electrons. The van der Waals surface area contributed by atoms with Crippen molar-refractivity contribution in [1.29, 1.82) is 0 Å². The first-order valence-electron chi connectivity index (χ1n) is 12.3. The van der Waals surface area contributed by atoms with Gasteiger partial charge in [0.25, 0.3) is 5.91 Å². The second-order valence-corrected chi connectivity index (χ2v) is 10.8. The van der Waals surface area contributed by atoms with Gasteiger partial charge in [-0.2, -0.15) is 8.75 Å². The number of aliphatic hydroxyl groups excluding tert-OH is 1. The molecule has 0 aliphatic carbocycles. The standard InChI is InChI=1S/C26H31N5O5S/c1-26(2,3)22(15-9-10-19-20(12-15)36-14-35-19)28-24-23(29-37-30-24)27-18-8-4-7-17(21(18)33)25(34)31-11-5-6-16(31)13-32/h4,7-10,12,16,22,32-33H,5-6,11,13-14H2,1-3H3,(H,27,29)(H,28,30)/t16-,22?/m0/s1. The molecule has 1 saturated heterocycles. The summed E-state index contributed by atoms with van der Waals surface area (Å²) in [5.41, 5.74) is 1.34. The molecule has 37 heavy (non-hydrogen) atoms. The van der Waals surface area contributed by atoms with Crippen molar-refractivity contribution in [3.8, 4) is 17.2 Å². The van der Waals surface area contributed by atoms with Crippen molar-refractivity contribution < 1.29 is 24.5 Å². The second kappa shape index (κ2) is 10.1. The predicted molar refractivity (Wildman–Crippen MR) is 141 cm³/mol. The number of hydrogen-bond donors (Lipinski definition) is 4. The molecule has 0 bridgehead atoms. The number of para-hydroxylation sites is 1. The van der Waals surface area contributed by atoms with Gasteiger partial charge < -0.3 is 35.2 Å². The zero-order valence-electron chi connectivity index (χ0n) is 21.0. The summed E-state index contributed by atoms with van der Waals surface area (Å²) in [4.78, 5) is 14.7. The summed E-state index contributed by atoms with van der Waals surface area (Å²) in [6.07, 6.45) is 1.58. The Morgan fingerprint density at radius 2 is 1.97 bits per heavy atom. The topological polar surface area (TPSA) is 129 Å². The normalized spacial score (nSPS) is 17.6. The minimum atomic E-state index is -0.303. The molecule has 1 unspecified atom stereocenters. The summed E-state index contributed by atoms with van der Waals surface area (Å²) in [5.74, 6) is 1.92.